The molecule has 4 heterocycles. The van der Waals surface area contributed by atoms with Gasteiger partial charge in [0.1, 0.15) is 36.7 Å². The first-order valence-electron chi connectivity index (χ1n) is 20.2. The van der Waals surface area contributed by atoms with E-state index in [4.69, 9.17) is 19.4 Å². The van der Waals surface area contributed by atoms with E-state index in [0.717, 1.165) is 12.1 Å². The van der Waals surface area contributed by atoms with Gasteiger partial charge in [-0.3, -0.25) is 9.80 Å². The van der Waals surface area contributed by atoms with Gasteiger partial charge in [-0.2, -0.15) is 0 Å². The SMILES string of the molecule is C[Si](C)(C)CCOCn1c(C2CCCN2C(=O)O)nc2cc([C@@H](O)CC[C@H](O)c3cc4nc(C5CCCN5C(=O)O)n(COCC[Si](C)(C)C)c4cc3F)c(F)cc21. The molecule has 14 nitrogen and oxygen atoms in total. The predicted molar refractivity (Wildman–Crippen MR) is 220 cm³/mol. The van der Waals surface area contributed by atoms with Crippen LogP contribution in [0.25, 0.3) is 22.1 Å². The molecule has 6 rings (SSSR count). The Morgan fingerprint density at radius 3 is 1.43 bits per heavy atom. The second-order valence-electron chi connectivity index (χ2n) is 18.1. The summed E-state index contributed by atoms with van der Waals surface area (Å²) in [6, 6.07) is 6.19. The number of aromatic nitrogens is 4. The second kappa shape index (κ2) is 17.7. The van der Waals surface area contributed by atoms with E-state index in [9.17, 15) is 30.0 Å². The van der Waals surface area contributed by atoms with Crippen LogP contribution in [0.4, 0.5) is 18.4 Å². The number of aliphatic hydroxyl groups is 2. The van der Waals surface area contributed by atoms with Crippen LogP contribution >= 0.6 is 0 Å². The Kier molecular flexibility index (Phi) is 13.3. The Morgan fingerprint density at radius 1 is 0.707 bits per heavy atom. The zero-order valence-electron chi connectivity index (χ0n) is 34.4. The Morgan fingerprint density at radius 2 is 1.09 bits per heavy atom. The van der Waals surface area contributed by atoms with Crippen LogP contribution in [0.5, 0.6) is 0 Å². The van der Waals surface area contributed by atoms with E-state index in [0.29, 0.717) is 85.7 Å². The lowest BCUT2D eigenvalue weighted by molar-refractivity contribution is 0.0831. The number of carboxylic acid groups (broad SMARTS) is 2. The van der Waals surface area contributed by atoms with Crippen molar-refractivity contribution in [2.45, 2.75) is 128 Å². The smallest absolute Gasteiger partial charge is 0.407 e. The van der Waals surface area contributed by atoms with Crippen LogP contribution in [0.3, 0.4) is 0 Å². The first kappa shape index (κ1) is 43.6. The van der Waals surface area contributed by atoms with Crippen molar-refractivity contribution in [1.82, 2.24) is 28.9 Å². The number of nitrogens with zero attached hydrogens (tertiary/aromatic N) is 6. The molecule has 0 spiro atoms. The lowest BCUT2D eigenvalue weighted by atomic mass is 9.98. The molecule has 0 aliphatic carbocycles. The highest BCUT2D eigenvalue weighted by atomic mass is 28.3. The van der Waals surface area contributed by atoms with E-state index in [-0.39, 0.29) is 37.4 Å². The van der Waals surface area contributed by atoms with Gasteiger partial charge in [0.2, 0.25) is 0 Å². The van der Waals surface area contributed by atoms with E-state index >= 15 is 8.78 Å². The zero-order valence-corrected chi connectivity index (χ0v) is 36.4. The Bertz CT molecular complexity index is 1970. The van der Waals surface area contributed by atoms with Gasteiger partial charge in [0.05, 0.1) is 46.4 Å². The van der Waals surface area contributed by atoms with Crippen molar-refractivity contribution in [3.05, 3.63) is 58.7 Å². The molecule has 2 unspecified atom stereocenters. The third kappa shape index (κ3) is 9.90. The van der Waals surface area contributed by atoms with Crippen molar-refractivity contribution >= 4 is 50.4 Å². The summed E-state index contributed by atoms with van der Waals surface area (Å²) in [5.74, 6) is -0.512. The zero-order chi connectivity index (χ0) is 42.1. The highest BCUT2D eigenvalue weighted by molar-refractivity contribution is 6.76. The number of imidazole rings is 2. The first-order valence-corrected chi connectivity index (χ1v) is 27.6. The molecule has 2 aromatic heterocycles. The van der Waals surface area contributed by atoms with Gasteiger partial charge >= 0.3 is 12.2 Å². The Hall–Kier alpha value is -3.95. The van der Waals surface area contributed by atoms with Crippen molar-refractivity contribution in [2.75, 3.05) is 26.3 Å². The maximum Gasteiger partial charge on any atom is 0.407 e. The van der Waals surface area contributed by atoms with Gasteiger partial charge in [0.25, 0.3) is 0 Å². The average Bonchev–Trinajstić information content (AvgIpc) is 3.94. The van der Waals surface area contributed by atoms with Crippen molar-refractivity contribution < 1.29 is 48.3 Å². The van der Waals surface area contributed by atoms with Crippen molar-refractivity contribution in [2.24, 2.45) is 0 Å². The maximum atomic E-state index is 15.9. The number of hydrogen-bond acceptors (Lipinski definition) is 8. The number of ether oxygens (including phenoxy) is 2. The van der Waals surface area contributed by atoms with Crippen LogP contribution in [0.15, 0.2) is 24.3 Å². The molecule has 2 amide bonds. The standard InChI is InChI=1S/C40H58F2N6O8Si2/c1-57(2,3)17-15-55-23-47-33-21-27(41)25(19-29(33)43-37(47)31-9-7-13-45(31)39(51)52)35(49)11-12-36(50)26-20-30-34(22-28(26)42)48(24-56-16-18-58(4,5)6)38(44-30)32-10-8-14-46(32)40(53)54/h19-22,31-32,35-36,49-50H,7-18,23-24H2,1-6H3,(H,51,52)(H,53,54)/t31?,32?,35-,36-/m0/s1. The summed E-state index contributed by atoms with van der Waals surface area (Å²) in [6.45, 7) is 15.3. The molecule has 2 aromatic carbocycles. The molecule has 58 heavy (non-hydrogen) atoms. The van der Waals surface area contributed by atoms with E-state index in [1.54, 1.807) is 9.13 Å². The fourth-order valence-electron chi connectivity index (χ4n) is 7.87. The van der Waals surface area contributed by atoms with E-state index in [1.807, 2.05) is 0 Å². The number of aliphatic hydroxyl groups excluding tert-OH is 2. The molecular weight excluding hydrogens is 787 g/mol. The van der Waals surface area contributed by atoms with Crippen LogP contribution in [0.1, 0.15) is 85.6 Å². The number of likely N-dealkylation sites (tertiary alicyclic amines) is 2. The summed E-state index contributed by atoms with van der Waals surface area (Å²) in [7, 11) is -2.79. The summed E-state index contributed by atoms with van der Waals surface area (Å²) < 4.78 is 47.2. The molecule has 0 saturated carbocycles. The highest BCUT2D eigenvalue weighted by Crippen LogP contribution is 2.38. The minimum absolute atomic E-state index is 0.0509. The van der Waals surface area contributed by atoms with E-state index < -0.39 is 64.3 Å². The van der Waals surface area contributed by atoms with Crippen LogP contribution in [0, 0.1) is 11.6 Å². The maximum absolute atomic E-state index is 15.9. The molecular formula is C40H58F2N6O8Si2. The summed E-state index contributed by atoms with van der Waals surface area (Å²) in [6.07, 6.45) is -2.70. The molecule has 2 fully saturated rings. The van der Waals surface area contributed by atoms with Gasteiger partial charge in [0.15, 0.2) is 0 Å². The van der Waals surface area contributed by atoms with E-state index in [2.05, 4.69) is 39.3 Å². The Labute approximate surface area is 339 Å². The quantitative estimate of drug-likeness (QED) is 0.0596. The predicted octanol–water partition coefficient (Wildman–Crippen LogP) is 8.47. The number of carbonyl (C=O) groups is 2. The van der Waals surface area contributed by atoms with Gasteiger partial charge in [-0.1, -0.05) is 39.3 Å². The minimum Gasteiger partial charge on any atom is -0.465 e. The number of fused-ring (bicyclic) bond motifs is 2. The monoisotopic (exact) mass is 844 g/mol. The molecule has 318 valence electrons. The lowest BCUT2D eigenvalue weighted by Crippen LogP contribution is -2.30. The number of hydrogen-bond donors (Lipinski definition) is 4. The number of rotatable bonds is 17. The van der Waals surface area contributed by atoms with Gasteiger partial charge in [0, 0.05) is 65.7 Å². The molecule has 4 N–H and O–H groups in total. The van der Waals surface area contributed by atoms with Crippen LogP contribution in [-0.2, 0) is 22.9 Å². The van der Waals surface area contributed by atoms with Crippen molar-refractivity contribution in [1.29, 1.82) is 0 Å². The third-order valence-corrected chi connectivity index (χ3v) is 14.7. The van der Waals surface area contributed by atoms with E-state index in [1.165, 1.54) is 34.1 Å². The van der Waals surface area contributed by atoms with Crippen LogP contribution in [0.2, 0.25) is 51.4 Å². The fraction of sp³-hybridized carbons (Fsp3) is 0.600. The molecule has 4 aromatic rings. The molecule has 2 aliphatic heterocycles. The summed E-state index contributed by atoms with van der Waals surface area (Å²) >= 11 is 0. The summed E-state index contributed by atoms with van der Waals surface area (Å²) in [4.78, 5) is 36.3. The van der Waals surface area contributed by atoms with Gasteiger partial charge < -0.3 is 39.0 Å². The van der Waals surface area contributed by atoms with Crippen molar-refractivity contribution in [3.8, 4) is 0 Å². The molecule has 0 radical (unpaired) electrons. The number of halogens is 2. The first-order chi connectivity index (χ1) is 27.3. The Balaban J connectivity index is 1.23. The number of benzene rings is 2. The van der Waals surface area contributed by atoms with Gasteiger partial charge in [-0.05, 0) is 62.7 Å². The van der Waals surface area contributed by atoms with Crippen molar-refractivity contribution in [3.63, 3.8) is 0 Å². The second-order valence-corrected chi connectivity index (χ2v) is 29.3. The number of amides is 2. The fourth-order valence-corrected chi connectivity index (χ4v) is 9.39. The average molecular weight is 845 g/mol. The summed E-state index contributed by atoms with van der Waals surface area (Å²) in [5, 5.41) is 42.3. The molecule has 0 bridgehead atoms. The van der Waals surface area contributed by atoms with Crippen LogP contribution in [-0.4, -0.2) is 104 Å². The lowest BCUT2D eigenvalue weighted by Gasteiger charge is -2.22. The van der Waals surface area contributed by atoms with Gasteiger partial charge in [-0.15, -0.1) is 0 Å². The summed E-state index contributed by atoms with van der Waals surface area (Å²) in [5.41, 5.74) is 1.46. The molecule has 2 aliphatic rings. The van der Waals surface area contributed by atoms with Crippen LogP contribution < -0.4 is 0 Å². The molecule has 18 heteroatoms. The largest absolute Gasteiger partial charge is 0.465 e. The molecule has 2 saturated heterocycles. The highest BCUT2D eigenvalue weighted by Gasteiger charge is 2.36. The minimum atomic E-state index is -1.39. The topological polar surface area (TPSA) is 176 Å². The molecule has 4 atom stereocenters. The third-order valence-electron chi connectivity index (χ3n) is 11.3. The normalized spacial score (nSPS) is 18.9. The van der Waals surface area contributed by atoms with Gasteiger partial charge in [-0.25, -0.2) is 28.3 Å².